The van der Waals surface area contributed by atoms with Crippen LogP contribution in [0.5, 0.6) is 0 Å². The van der Waals surface area contributed by atoms with Crippen molar-refractivity contribution >= 4 is 34.9 Å². The van der Waals surface area contributed by atoms with Crippen LogP contribution in [0.25, 0.3) is 11.0 Å². The van der Waals surface area contributed by atoms with Crippen LogP contribution in [0.15, 0.2) is 64.0 Å². The summed E-state index contributed by atoms with van der Waals surface area (Å²) in [6.45, 7) is 3.48. The van der Waals surface area contributed by atoms with Gasteiger partial charge in [0.05, 0.1) is 6.61 Å². The molecule has 2 aromatic carbocycles. The molecule has 2 amide bonds. The fourth-order valence-corrected chi connectivity index (χ4v) is 4.02. The number of aliphatic imine (C=N–C) groups is 1. The summed E-state index contributed by atoms with van der Waals surface area (Å²) in [4.78, 5) is 41.4. The molecule has 3 N–H and O–H groups in total. The summed E-state index contributed by atoms with van der Waals surface area (Å²) < 4.78 is 16.3. The number of rotatable bonds is 10. The third-order valence-corrected chi connectivity index (χ3v) is 5.91. The summed E-state index contributed by atoms with van der Waals surface area (Å²) >= 11 is 0. The maximum atomic E-state index is 12.5. The number of carbonyl (C=O) groups excluding carboxylic acids is 3. The number of aryl methyl sites for hydroxylation is 1. The van der Waals surface area contributed by atoms with Gasteiger partial charge in [-0.05, 0) is 49.1 Å². The molecule has 1 atom stereocenters. The quantitative estimate of drug-likeness (QED) is 0.350. The van der Waals surface area contributed by atoms with Gasteiger partial charge < -0.3 is 24.5 Å². The number of alkyl carbamates (subject to hydrolysis) is 1. The zero-order valence-electron chi connectivity index (χ0n) is 21.3. The van der Waals surface area contributed by atoms with Crippen LogP contribution in [0.4, 0.5) is 4.79 Å². The summed E-state index contributed by atoms with van der Waals surface area (Å²) in [6, 6.07) is 15.8. The van der Waals surface area contributed by atoms with Crippen LogP contribution < -0.4 is 16.0 Å². The zero-order chi connectivity index (χ0) is 26.7. The number of carbonyl (C=O) groups is 3. The van der Waals surface area contributed by atoms with E-state index in [0.717, 1.165) is 29.5 Å². The Balaban J connectivity index is 1.35. The van der Waals surface area contributed by atoms with Crippen LogP contribution in [0.3, 0.4) is 0 Å². The predicted molar refractivity (Wildman–Crippen MR) is 141 cm³/mol. The number of hydrogen-bond donors (Lipinski definition) is 3. The monoisotopic (exact) mass is 520 g/mol. The summed E-state index contributed by atoms with van der Waals surface area (Å²) in [6.07, 6.45) is 1.20. The molecule has 38 heavy (non-hydrogen) atoms. The molecule has 0 spiro atoms. The van der Waals surface area contributed by atoms with E-state index in [4.69, 9.17) is 13.9 Å². The lowest BCUT2D eigenvalue weighted by Crippen LogP contribution is -2.43. The van der Waals surface area contributed by atoms with Crippen LogP contribution in [0, 0.1) is 0 Å². The molecule has 0 radical (unpaired) electrons. The number of nitrogens with one attached hydrogen (secondary N) is 3. The molecule has 1 aliphatic heterocycles. The minimum atomic E-state index is -0.974. The molecule has 0 bridgehead atoms. The molecule has 10 heteroatoms. The molecule has 200 valence electrons. The lowest BCUT2D eigenvalue weighted by atomic mass is 10.1. The Kier molecular flexibility index (Phi) is 9.33. The summed E-state index contributed by atoms with van der Waals surface area (Å²) in [5.74, 6) is 0.365. The van der Waals surface area contributed by atoms with E-state index in [9.17, 15) is 14.4 Å². The molecule has 0 aliphatic carbocycles. The Hall–Kier alpha value is -4.34. The smallest absolute Gasteiger partial charge is 0.408 e. The molecule has 1 unspecified atom stereocenters. The van der Waals surface area contributed by atoms with E-state index in [0.29, 0.717) is 36.7 Å². The van der Waals surface area contributed by atoms with Crippen LogP contribution in [-0.4, -0.2) is 49.7 Å². The van der Waals surface area contributed by atoms with Gasteiger partial charge in [0.1, 0.15) is 24.0 Å². The third kappa shape index (κ3) is 7.83. The fourth-order valence-electron chi connectivity index (χ4n) is 4.02. The van der Waals surface area contributed by atoms with Gasteiger partial charge in [-0.15, -0.1) is 0 Å². The number of furan rings is 1. The van der Waals surface area contributed by atoms with Crippen molar-refractivity contribution in [2.45, 2.75) is 45.3 Å². The zero-order valence-corrected chi connectivity index (χ0v) is 21.3. The number of ether oxygens (including phenoxy) is 2. The summed E-state index contributed by atoms with van der Waals surface area (Å²) in [5, 5.41) is 9.30. The highest BCUT2D eigenvalue weighted by Crippen LogP contribution is 2.23. The van der Waals surface area contributed by atoms with Gasteiger partial charge in [0.2, 0.25) is 5.91 Å². The molecule has 4 rings (SSSR count). The molecule has 0 saturated heterocycles. The van der Waals surface area contributed by atoms with Crippen molar-refractivity contribution in [2.24, 2.45) is 4.99 Å². The molecular formula is C28H32N4O6. The molecule has 2 heterocycles. The number of esters is 1. The summed E-state index contributed by atoms with van der Waals surface area (Å²) in [5.41, 5.74) is 2.45. The lowest BCUT2D eigenvalue weighted by Gasteiger charge is -2.16. The Morgan fingerprint density at radius 3 is 2.68 bits per heavy atom. The van der Waals surface area contributed by atoms with Crippen molar-refractivity contribution < 1.29 is 28.3 Å². The number of amides is 2. The molecule has 0 fully saturated rings. The Morgan fingerprint density at radius 1 is 1.08 bits per heavy atom. The first-order valence-corrected chi connectivity index (χ1v) is 12.7. The van der Waals surface area contributed by atoms with Crippen LogP contribution in [-0.2, 0) is 38.5 Å². The first-order chi connectivity index (χ1) is 18.5. The average Bonchev–Trinajstić information content (AvgIpc) is 3.33. The number of fused-ring (bicyclic) bond motifs is 1. The summed E-state index contributed by atoms with van der Waals surface area (Å²) in [7, 11) is 0. The first-order valence-electron chi connectivity index (χ1n) is 12.7. The van der Waals surface area contributed by atoms with E-state index in [1.54, 1.807) is 6.92 Å². The second-order valence-corrected chi connectivity index (χ2v) is 8.86. The van der Waals surface area contributed by atoms with Gasteiger partial charge in [-0.3, -0.25) is 15.1 Å². The van der Waals surface area contributed by atoms with Crippen molar-refractivity contribution in [3.63, 3.8) is 0 Å². The van der Waals surface area contributed by atoms with Gasteiger partial charge in [-0.2, -0.15) is 0 Å². The van der Waals surface area contributed by atoms with Gasteiger partial charge in [-0.25, -0.2) is 9.59 Å². The van der Waals surface area contributed by atoms with E-state index in [1.807, 2.05) is 54.6 Å². The largest absolute Gasteiger partial charge is 0.464 e. The van der Waals surface area contributed by atoms with E-state index in [2.05, 4.69) is 20.9 Å². The van der Waals surface area contributed by atoms with Crippen LogP contribution in [0.1, 0.15) is 36.7 Å². The number of nitrogens with zero attached hydrogens (tertiary/aromatic N) is 1. The van der Waals surface area contributed by atoms with Gasteiger partial charge in [-0.1, -0.05) is 36.4 Å². The van der Waals surface area contributed by atoms with Gasteiger partial charge in [0.15, 0.2) is 5.96 Å². The van der Waals surface area contributed by atoms with E-state index >= 15 is 0 Å². The highest BCUT2D eigenvalue weighted by molar-refractivity contribution is 5.97. The number of hydrogen-bond acceptors (Lipinski definition) is 8. The SMILES string of the molecule is CCOC(=O)C(Cc1cc2cc(CCC(=O)NC3=NCCCN3)ccc2o1)NC(=O)OCc1ccccc1. The first kappa shape index (κ1) is 26.7. The molecule has 0 saturated carbocycles. The highest BCUT2D eigenvalue weighted by Gasteiger charge is 2.25. The average molecular weight is 521 g/mol. The van der Waals surface area contributed by atoms with Crippen molar-refractivity contribution in [3.05, 3.63) is 71.5 Å². The number of benzene rings is 2. The minimum absolute atomic E-state index is 0.0816. The molecule has 3 aromatic rings. The van der Waals surface area contributed by atoms with Crippen molar-refractivity contribution in [3.8, 4) is 0 Å². The Labute approximate surface area is 220 Å². The van der Waals surface area contributed by atoms with Crippen LogP contribution in [0.2, 0.25) is 0 Å². The van der Waals surface area contributed by atoms with Crippen molar-refractivity contribution in [1.82, 2.24) is 16.0 Å². The van der Waals surface area contributed by atoms with Crippen LogP contribution >= 0.6 is 0 Å². The van der Waals surface area contributed by atoms with Crippen molar-refractivity contribution in [1.29, 1.82) is 0 Å². The molecule has 1 aromatic heterocycles. The topological polar surface area (TPSA) is 131 Å². The van der Waals surface area contributed by atoms with Crippen molar-refractivity contribution in [2.75, 3.05) is 19.7 Å². The fraction of sp³-hybridized carbons (Fsp3) is 0.357. The third-order valence-electron chi connectivity index (χ3n) is 5.91. The normalized spacial score (nSPS) is 13.7. The van der Waals surface area contributed by atoms with Gasteiger partial charge >= 0.3 is 12.1 Å². The highest BCUT2D eigenvalue weighted by atomic mass is 16.6. The maximum absolute atomic E-state index is 12.5. The van der Waals surface area contributed by atoms with E-state index < -0.39 is 18.1 Å². The second-order valence-electron chi connectivity index (χ2n) is 8.86. The number of guanidine groups is 1. The maximum Gasteiger partial charge on any atom is 0.408 e. The minimum Gasteiger partial charge on any atom is -0.464 e. The molecule has 10 nitrogen and oxygen atoms in total. The second kappa shape index (κ2) is 13.3. The van der Waals surface area contributed by atoms with E-state index in [1.165, 1.54) is 0 Å². The predicted octanol–water partition coefficient (Wildman–Crippen LogP) is 3.23. The Bertz CT molecular complexity index is 1290. The lowest BCUT2D eigenvalue weighted by molar-refractivity contribution is -0.145. The molecule has 1 aliphatic rings. The standard InChI is InChI=1S/C28H32N4O6/c1-2-36-26(34)23(31-28(35)37-18-20-7-4-3-5-8-20)17-22-16-21-15-19(9-11-24(21)38-22)10-12-25(33)32-27-29-13-6-14-30-27/h3-5,7-9,11,15-16,23H,2,6,10,12-14,17-18H2,1H3,(H,31,35)(H2,29,30,32,33). The van der Waals surface area contributed by atoms with Gasteiger partial charge in [0.25, 0.3) is 0 Å². The van der Waals surface area contributed by atoms with Gasteiger partial charge in [0, 0.05) is 31.3 Å². The Morgan fingerprint density at radius 2 is 1.92 bits per heavy atom. The van der Waals surface area contributed by atoms with E-state index in [-0.39, 0.29) is 25.5 Å². The molecular weight excluding hydrogens is 488 g/mol.